The molecular weight excluding hydrogens is 508 g/mol. The van der Waals surface area contributed by atoms with E-state index in [0.717, 1.165) is 23.1 Å². The molecule has 218 valence electrons. The number of nitrogens with zero attached hydrogens (tertiary/aromatic N) is 1. The van der Waals surface area contributed by atoms with Gasteiger partial charge in [-0.3, -0.25) is 14.4 Å². The molecule has 4 amide bonds. The first-order valence-corrected chi connectivity index (χ1v) is 13.8. The first kappa shape index (κ1) is 32.3. The molecule has 4 N–H and O–H groups in total. The van der Waals surface area contributed by atoms with E-state index < -0.39 is 35.6 Å². The van der Waals surface area contributed by atoms with Gasteiger partial charge in [0.15, 0.2) is 0 Å². The number of benzene rings is 2. The summed E-state index contributed by atoms with van der Waals surface area (Å²) in [5.74, 6) is -1.43. The maximum atomic E-state index is 14.1. The number of ether oxygens (including phenoxy) is 1. The number of hydrogen-bond donors (Lipinski definition) is 3. The van der Waals surface area contributed by atoms with Crippen LogP contribution in [0.1, 0.15) is 81.7 Å². The number of aryl methyl sites for hydroxylation is 2. The molecule has 2 rings (SSSR count). The molecule has 0 aromatic heterocycles. The van der Waals surface area contributed by atoms with E-state index in [2.05, 4.69) is 10.6 Å². The fourth-order valence-electron chi connectivity index (χ4n) is 4.18. The van der Waals surface area contributed by atoms with Gasteiger partial charge in [0.2, 0.25) is 17.7 Å². The third-order valence-electron chi connectivity index (χ3n) is 6.42. The Hall–Kier alpha value is -3.88. The Morgan fingerprint density at radius 2 is 1.68 bits per heavy atom. The molecule has 0 aliphatic rings. The van der Waals surface area contributed by atoms with Crippen LogP contribution >= 0.6 is 0 Å². The topological polar surface area (TPSA) is 131 Å². The monoisotopic (exact) mass is 552 g/mol. The second-order valence-corrected chi connectivity index (χ2v) is 11.0. The third-order valence-corrected chi connectivity index (χ3v) is 6.42. The van der Waals surface area contributed by atoms with Crippen LogP contribution in [0.4, 0.5) is 4.79 Å². The summed E-state index contributed by atoms with van der Waals surface area (Å²) >= 11 is 0. The lowest BCUT2D eigenvalue weighted by molar-refractivity contribution is -0.143. The summed E-state index contributed by atoms with van der Waals surface area (Å²) < 4.78 is 5.38. The molecule has 0 bridgehead atoms. The lowest BCUT2D eigenvalue weighted by Crippen LogP contribution is -2.53. The second-order valence-electron chi connectivity index (χ2n) is 11.0. The summed E-state index contributed by atoms with van der Waals surface area (Å²) in [6, 6.07) is 13.1. The summed E-state index contributed by atoms with van der Waals surface area (Å²) in [6.07, 6.45) is 0.472. The third kappa shape index (κ3) is 10.4. The number of carbonyl (C=O) groups excluding carboxylic acids is 4. The maximum absolute atomic E-state index is 14.1. The van der Waals surface area contributed by atoms with Gasteiger partial charge in [0.1, 0.15) is 17.7 Å². The van der Waals surface area contributed by atoms with E-state index >= 15 is 0 Å². The molecule has 0 aliphatic heterocycles. The molecule has 0 saturated carbocycles. The van der Waals surface area contributed by atoms with E-state index in [4.69, 9.17) is 10.5 Å². The summed E-state index contributed by atoms with van der Waals surface area (Å²) in [7, 11) is 0. The highest BCUT2D eigenvalue weighted by atomic mass is 16.6. The molecule has 0 heterocycles. The predicted octanol–water partition coefficient (Wildman–Crippen LogP) is 4.45. The number of carbonyl (C=O) groups is 4. The van der Waals surface area contributed by atoms with Crippen molar-refractivity contribution in [1.29, 1.82) is 0 Å². The maximum Gasteiger partial charge on any atom is 0.408 e. The van der Waals surface area contributed by atoms with Crippen LogP contribution in [0.15, 0.2) is 48.5 Å². The number of rotatable bonds is 13. The van der Waals surface area contributed by atoms with Crippen molar-refractivity contribution in [2.24, 2.45) is 5.73 Å². The van der Waals surface area contributed by atoms with E-state index in [9.17, 15) is 19.2 Å². The zero-order valence-electron chi connectivity index (χ0n) is 24.6. The zero-order valence-corrected chi connectivity index (χ0v) is 24.6. The fourth-order valence-corrected chi connectivity index (χ4v) is 4.18. The quantitative estimate of drug-likeness (QED) is 0.338. The van der Waals surface area contributed by atoms with Gasteiger partial charge in [-0.05, 0) is 69.7 Å². The van der Waals surface area contributed by atoms with Gasteiger partial charge in [-0.2, -0.15) is 0 Å². The van der Waals surface area contributed by atoms with Gasteiger partial charge in [-0.25, -0.2) is 4.79 Å². The smallest absolute Gasteiger partial charge is 0.408 e. The van der Waals surface area contributed by atoms with Crippen LogP contribution in [0.5, 0.6) is 0 Å². The van der Waals surface area contributed by atoms with Crippen molar-refractivity contribution in [3.63, 3.8) is 0 Å². The van der Waals surface area contributed by atoms with E-state index in [1.54, 1.807) is 20.8 Å². The van der Waals surface area contributed by atoms with Crippen LogP contribution in [0.2, 0.25) is 0 Å². The van der Waals surface area contributed by atoms with Gasteiger partial charge >= 0.3 is 6.09 Å². The molecule has 2 aromatic carbocycles. The van der Waals surface area contributed by atoms with Crippen molar-refractivity contribution in [1.82, 2.24) is 15.5 Å². The predicted molar refractivity (Wildman–Crippen MR) is 155 cm³/mol. The summed E-state index contributed by atoms with van der Waals surface area (Å²) in [4.78, 5) is 53.8. The van der Waals surface area contributed by atoms with Crippen molar-refractivity contribution in [3.8, 4) is 0 Å². The highest BCUT2D eigenvalue weighted by Crippen LogP contribution is 2.26. The lowest BCUT2D eigenvalue weighted by atomic mass is 9.97. The van der Waals surface area contributed by atoms with Gasteiger partial charge in [0.05, 0.1) is 0 Å². The van der Waals surface area contributed by atoms with Crippen molar-refractivity contribution in [2.45, 2.75) is 91.5 Å². The van der Waals surface area contributed by atoms with E-state index in [0.29, 0.717) is 12.0 Å². The highest BCUT2D eigenvalue weighted by molar-refractivity contribution is 5.92. The number of alkyl carbamates (subject to hydrolysis) is 1. The first-order chi connectivity index (χ1) is 18.8. The highest BCUT2D eigenvalue weighted by Gasteiger charge is 2.36. The normalized spacial score (nSPS) is 12.7. The minimum atomic E-state index is -1.12. The molecule has 0 spiro atoms. The minimum absolute atomic E-state index is 0.0265. The average Bonchev–Trinajstić information content (AvgIpc) is 2.88. The van der Waals surface area contributed by atoms with Crippen molar-refractivity contribution in [3.05, 3.63) is 70.8 Å². The summed E-state index contributed by atoms with van der Waals surface area (Å²) in [5, 5.41) is 5.60. The minimum Gasteiger partial charge on any atom is -0.444 e. The lowest BCUT2D eigenvalue weighted by Gasteiger charge is -2.34. The molecular formula is C31H44N4O5. The first-order valence-electron chi connectivity index (χ1n) is 13.8. The number of unbranched alkanes of at least 4 members (excludes halogenated alkanes) is 1. The van der Waals surface area contributed by atoms with Gasteiger partial charge in [-0.1, -0.05) is 61.9 Å². The molecule has 0 aliphatic carbocycles. The standard InChI is InChI=1S/C31H44N4O5/c1-7-8-18-35(29(38)25(16-17-26(32)36)34-30(39)40-31(4,5)6)27(24-15-14-21(2)22(3)19-24)28(37)33-20-23-12-10-9-11-13-23/h9-15,19,25,27H,7-8,16-18,20H2,1-6H3,(H2,32,36)(H,33,37)(H,34,39). The van der Waals surface area contributed by atoms with Crippen LogP contribution in [0.25, 0.3) is 0 Å². The number of nitrogens with one attached hydrogen (secondary N) is 2. The molecule has 0 radical (unpaired) electrons. The van der Waals surface area contributed by atoms with E-state index in [1.165, 1.54) is 4.90 Å². The summed E-state index contributed by atoms with van der Waals surface area (Å²) in [6.45, 7) is 11.6. The molecule has 9 nitrogen and oxygen atoms in total. The Morgan fingerprint density at radius 3 is 2.25 bits per heavy atom. The fraction of sp³-hybridized carbons (Fsp3) is 0.484. The SMILES string of the molecule is CCCCN(C(=O)C(CCC(N)=O)NC(=O)OC(C)(C)C)C(C(=O)NCc1ccccc1)c1ccc(C)c(C)c1. The molecule has 2 unspecified atom stereocenters. The number of amides is 4. The molecule has 0 fully saturated rings. The average molecular weight is 553 g/mol. The van der Waals surface area contributed by atoms with Crippen LogP contribution < -0.4 is 16.4 Å². The van der Waals surface area contributed by atoms with E-state index in [-0.39, 0.29) is 31.8 Å². The Morgan fingerprint density at radius 1 is 1.00 bits per heavy atom. The molecule has 2 aromatic rings. The van der Waals surface area contributed by atoms with E-state index in [1.807, 2.05) is 69.3 Å². The van der Waals surface area contributed by atoms with Crippen LogP contribution in [-0.2, 0) is 25.7 Å². The Labute approximate surface area is 237 Å². The Kier molecular flexibility index (Phi) is 12.2. The van der Waals surface area contributed by atoms with Gasteiger partial charge in [-0.15, -0.1) is 0 Å². The van der Waals surface area contributed by atoms with Gasteiger partial charge in [0.25, 0.3) is 0 Å². The molecule has 40 heavy (non-hydrogen) atoms. The Bertz CT molecular complexity index is 1160. The van der Waals surface area contributed by atoms with Crippen LogP contribution in [0, 0.1) is 13.8 Å². The molecule has 9 heteroatoms. The number of hydrogen-bond acceptors (Lipinski definition) is 5. The number of primary amides is 1. The number of nitrogens with two attached hydrogens (primary N) is 1. The van der Waals surface area contributed by atoms with Crippen molar-refractivity contribution in [2.75, 3.05) is 6.54 Å². The second kappa shape index (κ2) is 15.1. The van der Waals surface area contributed by atoms with Crippen molar-refractivity contribution >= 4 is 23.8 Å². The van der Waals surface area contributed by atoms with Crippen LogP contribution in [0.3, 0.4) is 0 Å². The van der Waals surface area contributed by atoms with Gasteiger partial charge in [0, 0.05) is 19.5 Å². The van der Waals surface area contributed by atoms with Gasteiger partial charge < -0.3 is 26.0 Å². The van der Waals surface area contributed by atoms with Crippen molar-refractivity contribution < 1.29 is 23.9 Å². The zero-order chi connectivity index (χ0) is 29.9. The molecule has 2 atom stereocenters. The van der Waals surface area contributed by atoms with Crippen LogP contribution in [-0.4, -0.2) is 46.9 Å². The largest absolute Gasteiger partial charge is 0.444 e. The summed E-state index contributed by atoms with van der Waals surface area (Å²) in [5.41, 5.74) is 8.22. The molecule has 0 saturated heterocycles. The Balaban J connectivity index is 2.50.